The SMILES string of the molecule is CCC(c1ccccc1)C(N)Cc1cccc(F)c1Br. The Kier molecular flexibility index (Phi) is 5.32. The van der Waals surface area contributed by atoms with Crippen molar-refractivity contribution in [1.29, 1.82) is 0 Å². The van der Waals surface area contributed by atoms with E-state index < -0.39 is 0 Å². The van der Waals surface area contributed by atoms with Crippen molar-refractivity contribution < 1.29 is 4.39 Å². The molecule has 1 nitrogen and oxygen atoms in total. The summed E-state index contributed by atoms with van der Waals surface area (Å²) in [6.45, 7) is 2.14. The third kappa shape index (κ3) is 3.47. The first-order valence-electron chi connectivity index (χ1n) is 6.87. The molecule has 0 aliphatic rings. The molecule has 0 spiro atoms. The highest BCUT2D eigenvalue weighted by atomic mass is 79.9. The standard InChI is InChI=1S/C17H19BrFN/c1-2-14(12-7-4-3-5-8-12)16(20)11-13-9-6-10-15(19)17(13)18/h3-10,14,16H,2,11,20H2,1H3. The zero-order valence-corrected chi connectivity index (χ0v) is 13.1. The summed E-state index contributed by atoms with van der Waals surface area (Å²) in [6, 6.07) is 15.4. The Morgan fingerprint density at radius 3 is 2.45 bits per heavy atom. The van der Waals surface area contributed by atoms with Crippen LogP contribution in [0.4, 0.5) is 4.39 Å². The van der Waals surface area contributed by atoms with Crippen molar-refractivity contribution in [3.8, 4) is 0 Å². The van der Waals surface area contributed by atoms with E-state index in [1.165, 1.54) is 11.6 Å². The second kappa shape index (κ2) is 7.00. The van der Waals surface area contributed by atoms with Gasteiger partial charge in [-0.05, 0) is 51.9 Å². The molecule has 106 valence electrons. The molecule has 0 aromatic heterocycles. The second-order valence-electron chi connectivity index (χ2n) is 5.01. The molecule has 2 atom stereocenters. The minimum Gasteiger partial charge on any atom is -0.327 e. The summed E-state index contributed by atoms with van der Waals surface area (Å²) in [4.78, 5) is 0. The van der Waals surface area contributed by atoms with Crippen LogP contribution in [-0.4, -0.2) is 6.04 Å². The third-order valence-electron chi connectivity index (χ3n) is 3.67. The van der Waals surface area contributed by atoms with Crippen LogP contribution in [0.3, 0.4) is 0 Å². The number of rotatable bonds is 5. The first-order valence-corrected chi connectivity index (χ1v) is 7.66. The lowest BCUT2D eigenvalue weighted by Gasteiger charge is -2.23. The van der Waals surface area contributed by atoms with Crippen LogP contribution >= 0.6 is 15.9 Å². The summed E-state index contributed by atoms with van der Waals surface area (Å²) < 4.78 is 14.1. The highest BCUT2D eigenvalue weighted by Gasteiger charge is 2.19. The zero-order valence-electron chi connectivity index (χ0n) is 11.5. The highest BCUT2D eigenvalue weighted by Crippen LogP contribution is 2.27. The maximum absolute atomic E-state index is 13.5. The van der Waals surface area contributed by atoms with Crippen LogP contribution < -0.4 is 5.73 Å². The van der Waals surface area contributed by atoms with Crippen LogP contribution in [0.2, 0.25) is 0 Å². The van der Waals surface area contributed by atoms with E-state index in [4.69, 9.17) is 5.73 Å². The van der Waals surface area contributed by atoms with E-state index in [2.05, 4.69) is 35.0 Å². The quantitative estimate of drug-likeness (QED) is 0.845. The highest BCUT2D eigenvalue weighted by molar-refractivity contribution is 9.10. The van der Waals surface area contributed by atoms with Crippen LogP contribution in [0.1, 0.15) is 30.4 Å². The molecule has 2 rings (SSSR count). The first kappa shape index (κ1) is 15.2. The molecule has 2 aromatic rings. The van der Waals surface area contributed by atoms with Crippen molar-refractivity contribution in [2.75, 3.05) is 0 Å². The lowest BCUT2D eigenvalue weighted by atomic mass is 9.86. The smallest absolute Gasteiger partial charge is 0.137 e. The van der Waals surface area contributed by atoms with Crippen molar-refractivity contribution in [2.45, 2.75) is 31.7 Å². The molecule has 0 saturated heterocycles. The Labute approximate surface area is 128 Å². The van der Waals surface area contributed by atoms with Crippen LogP contribution in [0.25, 0.3) is 0 Å². The van der Waals surface area contributed by atoms with Gasteiger partial charge in [-0.15, -0.1) is 0 Å². The maximum Gasteiger partial charge on any atom is 0.137 e. The van der Waals surface area contributed by atoms with E-state index in [1.54, 1.807) is 6.07 Å². The summed E-state index contributed by atoms with van der Waals surface area (Å²) >= 11 is 3.31. The average molecular weight is 336 g/mol. The van der Waals surface area contributed by atoms with Crippen LogP contribution in [0.15, 0.2) is 53.0 Å². The molecule has 0 fully saturated rings. The Morgan fingerprint density at radius 2 is 1.80 bits per heavy atom. The van der Waals surface area contributed by atoms with Gasteiger partial charge in [-0.2, -0.15) is 0 Å². The monoisotopic (exact) mass is 335 g/mol. The maximum atomic E-state index is 13.5. The molecule has 0 amide bonds. The van der Waals surface area contributed by atoms with Gasteiger partial charge in [0, 0.05) is 6.04 Å². The molecule has 0 radical (unpaired) electrons. The van der Waals surface area contributed by atoms with Gasteiger partial charge in [0.05, 0.1) is 4.47 Å². The van der Waals surface area contributed by atoms with Crippen molar-refractivity contribution in [3.63, 3.8) is 0 Å². The fraction of sp³-hybridized carbons (Fsp3) is 0.294. The van der Waals surface area contributed by atoms with E-state index in [0.717, 1.165) is 12.0 Å². The van der Waals surface area contributed by atoms with Crippen LogP contribution in [0.5, 0.6) is 0 Å². The first-order chi connectivity index (χ1) is 9.63. The van der Waals surface area contributed by atoms with E-state index in [0.29, 0.717) is 10.9 Å². The summed E-state index contributed by atoms with van der Waals surface area (Å²) in [6.07, 6.45) is 1.63. The van der Waals surface area contributed by atoms with E-state index in [9.17, 15) is 4.39 Å². The third-order valence-corrected chi connectivity index (χ3v) is 4.56. The molecule has 2 N–H and O–H groups in total. The fourth-order valence-corrected chi connectivity index (χ4v) is 3.01. The number of nitrogens with two attached hydrogens (primary N) is 1. The Hall–Kier alpha value is -1.19. The normalized spacial score (nSPS) is 14.0. The molecule has 3 heteroatoms. The molecule has 2 aromatic carbocycles. The topological polar surface area (TPSA) is 26.0 Å². The van der Waals surface area contributed by atoms with Gasteiger partial charge in [0.2, 0.25) is 0 Å². The summed E-state index contributed by atoms with van der Waals surface area (Å²) in [5.74, 6) is 0.0498. The average Bonchev–Trinajstić information content (AvgIpc) is 2.46. The number of benzene rings is 2. The molecule has 0 aliphatic carbocycles. The van der Waals surface area contributed by atoms with Gasteiger partial charge in [-0.1, -0.05) is 49.4 Å². The van der Waals surface area contributed by atoms with Gasteiger partial charge < -0.3 is 5.73 Å². The molecular formula is C17H19BrFN. The Bertz CT molecular complexity index is 556. The molecule has 2 unspecified atom stereocenters. The van der Waals surface area contributed by atoms with Crippen molar-refractivity contribution in [2.24, 2.45) is 5.73 Å². The predicted molar refractivity (Wildman–Crippen MR) is 85.3 cm³/mol. The minimum absolute atomic E-state index is 0.0273. The van der Waals surface area contributed by atoms with Gasteiger partial charge in [0.1, 0.15) is 5.82 Å². The van der Waals surface area contributed by atoms with E-state index >= 15 is 0 Å². The summed E-state index contributed by atoms with van der Waals surface area (Å²) in [7, 11) is 0. The van der Waals surface area contributed by atoms with Gasteiger partial charge in [-0.25, -0.2) is 4.39 Å². The number of halogens is 2. The second-order valence-corrected chi connectivity index (χ2v) is 5.80. The van der Waals surface area contributed by atoms with Crippen LogP contribution in [0, 0.1) is 5.82 Å². The summed E-state index contributed by atoms with van der Waals surface area (Å²) in [5, 5.41) is 0. The van der Waals surface area contributed by atoms with Gasteiger partial charge in [0.25, 0.3) is 0 Å². The summed E-state index contributed by atoms with van der Waals surface area (Å²) in [5.41, 5.74) is 8.54. The van der Waals surface area contributed by atoms with Crippen LogP contribution in [-0.2, 0) is 6.42 Å². The molecule has 0 bridgehead atoms. The van der Waals surface area contributed by atoms with E-state index in [1.807, 2.05) is 24.3 Å². The van der Waals surface area contributed by atoms with Crippen molar-refractivity contribution >= 4 is 15.9 Å². The molecular weight excluding hydrogens is 317 g/mol. The van der Waals surface area contributed by atoms with E-state index in [-0.39, 0.29) is 17.8 Å². The minimum atomic E-state index is -0.234. The molecule has 0 saturated carbocycles. The molecule has 20 heavy (non-hydrogen) atoms. The van der Waals surface area contributed by atoms with Crippen molar-refractivity contribution in [1.82, 2.24) is 0 Å². The Morgan fingerprint density at radius 1 is 1.10 bits per heavy atom. The lowest BCUT2D eigenvalue weighted by Crippen LogP contribution is -2.30. The van der Waals surface area contributed by atoms with Gasteiger partial charge in [0.15, 0.2) is 0 Å². The molecule has 0 aliphatic heterocycles. The number of hydrogen-bond donors (Lipinski definition) is 1. The largest absolute Gasteiger partial charge is 0.327 e. The Balaban J connectivity index is 2.18. The fourth-order valence-electron chi connectivity index (χ4n) is 2.59. The molecule has 0 heterocycles. The predicted octanol–water partition coefficient (Wildman–Crippen LogP) is 4.65. The zero-order chi connectivity index (χ0) is 14.5. The van der Waals surface area contributed by atoms with Gasteiger partial charge in [-0.3, -0.25) is 0 Å². The lowest BCUT2D eigenvalue weighted by molar-refractivity contribution is 0.512. The van der Waals surface area contributed by atoms with Crippen molar-refractivity contribution in [3.05, 3.63) is 69.9 Å². The number of hydrogen-bond acceptors (Lipinski definition) is 1. The van der Waals surface area contributed by atoms with Gasteiger partial charge >= 0.3 is 0 Å².